The zero-order valence-electron chi connectivity index (χ0n) is 11.0. The minimum absolute atomic E-state index is 0.0831. The quantitative estimate of drug-likeness (QED) is 0.574. The Morgan fingerprint density at radius 3 is 2.78 bits per heavy atom. The summed E-state index contributed by atoms with van der Waals surface area (Å²) in [5.74, 6) is 0.526. The Balaban J connectivity index is 2.54. The molecule has 1 heterocycles. The average molecular weight is 365 g/mol. The van der Waals surface area contributed by atoms with Crippen LogP contribution < -0.4 is 10.6 Å². The number of aromatic nitrogens is 1. The van der Waals surface area contributed by atoms with Crippen LogP contribution in [0.25, 0.3) is 0 Å². The van der Waals surface area contributed by atoms with Crippen molar-refractivity contribution in [3.05, 3.63) is 17.5 Å². The van der Waals surface area contributed by atoms with Crippen LogP contribution in [0.2, 0.25) is 0 Å². The molecule has 102 valence electrons. The third kappa shape index (κ3) is 4.24. The molecular weight excluding hydrogens is 345 g/mol. The third-order valence-electron chi connectivity index (χ3n) is 2.95. The standard InChI is InChI=1S/C12H20IN3O2/c1-4-12(3,15-5-2)8-14-11(17)10-6-9(7-13)18-16-10/h6,15H,4-5,7-8H2,1-3H3,(H,14,17). The van der Waals surface area contributed by atoms with Crippen LogP contribution in [-0.4, -0.2) is 29.7 Å². The minimum atomic E-state index is -0.188. The maximum absolute atomic E-state index is 11.9. The molecular formula is C12H20IN3O2. The molecule has 0 saturated heterocycles. The number of hydrogen-bond donors (Lipinski definition) is 2. The maximum atomic E-state index is 11.9. The van der Waals surface area contributed by atoms with Crippen LogP contribution in [0.5, 0.6) is 0 Å². The molecule has 18 heavy (non-hydrogen) atoms. The Bertz CT molecular complexity index is 394. The number of carbonyl (C=O) groups is 1. The first kappa shape index (κ1) is 15.4. The van der Waals surface area contributed by atoms with Gasteiger partial charge in [0.05, 0.1) is 4.43 Å². The van der Waals surface area contributed by atoms with E-state index < -0.39 is 0 Å². The minimum Gasteiger partial charge on any atom is -0.360 e. The first-order valence-corrected chi connectivity index (χ1v) is 7.62. The van der Waals surface area contributed by atoms with E-state index in [9.17, 15) is 4.79 Å². The van der Waals surface area contributed by atoms with Crippen molar-refractivity contribution in [2.75, 3.05) is 13.1 Å². The van der Waals surface area contributed by atoms with Gasteiger partial charge in [-0.15, -0.1) is 0 Å². The molecule has 1 rings (SSSR count). The van der Waals surface area contributed by atoms with Crippen LogP contribution in [0.1, 0.15) is 43.4 Å². The third-order valence-corrected chi connectivity index (χ3v) is 3.70. The molecule has 1 aromatic rings. The van der Waals surface area contributed by atoms with Crippen LogP contribution >= 0.6 is 22.6 Å². The Morgan fingerprint density at radius 1 is 1.56 bits per heavy atom. The van der Waals surface area contributed by atoms with Crippen molar-refractivity contribution in [3.8, 4) is 0 Å². The van der Waals surface area contributed by atoms with Crippen LogP contribution in [-0.2, 0) is 4.43 Å². The van der Waals surface area contributed by atoms with Gasteiger partial charge in [0, 0.05) is 18.2 Å². The van der Waals surface area contributed by atoms with Gasteiger partial charge in [0.25, 0.3) is 5.91 Å². The number of carbonyl (C=O) groups excluding carboxylic acids is 1. The number of hydrogen-bond acceptors (Lipinski definition) is 4. The van der Waals surface area contributed by atoms with Gasteiger partial charge in [-0.1, -0.05) is 41.6 Å². The van der Waals surface area contributed by atoms with Gasteiger partial charge >= 0.3 is 0 Å². The lowest BCUT2D eigenvalue weighted by Gasteiger charge is -2.29. The van der Waals surface area contributed by atoms with E-state index >= 15 is 0 Å². The Labute approximate surface area is 121 Å². The van der Waals surface area contributed by atoms with Crippen molar-refractivity contribution < 1.29 is 9.32 Å². The molecule has 0 bridgehead atoms. The van der Waals surface area contributed by atoms with E-state index in [1.807, 2.05) is 0 Å². The second-order valence-corrected chi connectivity index (χ2v) is 5.20. The molecule has 0 aromatic carbocycles. The first-order valence-electron chi connectivity index (χ1n) is 6.09. The average Bonchev–Trinajstić information content (AvgIpc) is 2.85. The van der Waals surface area contributed by atoms with Gasteiger partial charge in [0.15, 0.2) is 5.69 Å². The number of halogens is 1. The molecule has 0 saturated carbocycles. The van der Waals surface area contributed by atoms with E-state index in [0.29, 0.717) is 22.4 Å². The molecule has 5 nitrogen and oxygen atoms in total. The molecule has 0 aliphatic heterocycles. The van der Waals surface area contributed by atoms with E-state index in [4.69, 9.17) is 4.52 Å². The molecule has 6 heteroatoms. The van der Waals surface area contributed by atoms with Gasteiger partial charge in [-0.2, -0.15) is 0 Å². The van der Waals surface area contributed by atoms with Gasteiger partial charge < -0.3 is 15.2 Å². The monoisotopic (exact) mass is 365 g/mol. The molecule has 0 aliphatic rings. The number of nitrogens with one attached hydrogen (secondary N) is 2. The Hall–Kier alpha value is -0.630. The number of alkyl halides is 1. The van der Waals surface area contributed by atoms with E-state index in [1.165, 1.54) is 0 Å². The highest BCUT2D eigenvalue weighted by Crippen LogP contribution is 2.10. The molecule has 1 atom stereocenters. The molecule has 1 amide bonds. The Kier molecular flexibility index (Phi) is 6.07. The van der Waals surface area contributed by atoms with Crippen LogP contribution in [0.4, 0.5) is 0 Å². The maximum Gasteiger partial charge on any atom is 0.273 e. The molecule has 0 radical (unpaired) electrons. The van der Waals surface area contributed by atoms with Crippen molar-refractivity contribution in [2.45, 2.75) is 37.2 Å². The van der Waals surface area contributed by atoms with Crippen molar-refractivity contribution in [1.82, 2.24) is 15.8 Å². The fourth-order valence-corrected chi connectivity index (χ4v) is 1.95. The normalized spacial score (nSPS) is 14.2. The van der Waals surface area contributed by atoms with Crippen molar-refractivity contribution in [2.24, 2.45) is 0 Å². The summed E-state index contributed by atoms with van der Waals surface area (Å²) < 4.78 is 5.72. The smallest absolute Gasteiger partial charge is 0.273 e. The molecule has 0 aliphatic carbocycles. The highest BCUT2D eigenvalue weighted by Gasteiger charge is 2.22. The molecule has 1 unspecified atom stereocenters. The van der Waals surface area contributed by atoms with Gasteiger partial charge in [0.2, 0.25) is 0 Å². The van der Waals surface area contributed by atoms with Gasteiger partial charge in [-0.3, -0.25) is 4.79 Å². The summed E-state index contributed by atoms with van der Waals surface area (Å²) >= 11 is 2.17. The summed E-state index contributed by atoms with van der Waals surface area (Å²) in [6, 6.07) is 1.68. The van der Waals surface area contributed by atoms with E-state index in [-0.39, 0.29) is 11.4 Å². The van der Waals surface area contributed by atoms with Gasteiger partial charge in [-0.25, -0.2) is 0 Å². The summed E-state index contributed by atoms with van der Waals surface area (Å²) in [7, 11) is 0. The summed E-state index contributed by atoms with van der Waals surface area (Å²) in [6.45, 7) is 7.70. The lowest BCUT2D eigenvalue weighted by molar-refractivity contribution is 0.0931. The zero-order chi connectivity index (χ0) is 13.6. The van der Waals surface area contributed by atoms with E-state index in [1.54, 1.807) is 6.07 Å². The zero-order valence-corrected chi connectivity index (χ0v) is 13.2. The summed E-state index contributed by atoms with van der Waals surface area (Å²) in [5, 5.41) is 10.0. The SMILES string of the molecule is CCNC(C)(CC)CNC(=O)c1cc(CI)on1. The number of nitrogens with zero attached hydrogens (tertiary/aromatic N) is 1. The van der Waals surface area contributed by atoms with Crippen LogP contribution in [0, 0.1) is 0 Å². The lowest BCUT2D eigenvalue weighted by Crippen LogP contribution is -2.50. The number of likely N-dealkylation sites (N-methyl/N-ethyl adjacent to an activating group) is 1. The summed E-state index contributed by atoms with van der Waals surface area (Å²) in [5.41, 5.74) is 0.261. The number of rotatable bonds is 7. The molecule has 1 aromatic heterocycles. The van der Waals surface area contributed by atoms with Gasteiger partial charge in [0.1, 0.15) is 5.76 Å². The lowest BCUT2D eigenvalue weighted by atomic mass is 9.99. The molecule has 0 fully saturated rings. The van der Waals surface area contributed by atoms with Crippen LogP contribution in [0.3, 0.4) is 0 Å². The highest BCUT2D eigenvalue weighted by atomic mass is 127. The van der Waals surface area contributed by atoms with Crippen molar-refractivity contribution in [1.29, 1.82) is 0 Å². The second-order valence-electron chi connectivity index (χ2n) is 4.44. The van der Waals surface area contributed by atoms with Gasteiger partial charge in [-0.05, 0) is 19.9 Å². The highest BCUT2D eigenvalue weighted by molar-refractivity contribution is 14.1. The number of amides is 1. The largest absolute Gasteiger partial charge is 0.360 e. The van der Waals surface area contributed by atoms with Crippen molar-refractivity contribution >= 4 is 28.5 Å². The fraction of sp³-hybridized carbons (Fsp3) is 0.667. The summed E-state index contributed by atoms with van der Waals surface area (Å²) in [4.78, 5) is 11.9. The van der Waals surface area contributed by atoms with Crippen molar-refractivity contribution in [3.63, 3.8) is 0 Å². The second kappa shape index (κ2) is 7.08. The fourth-order valence-electron chi connectivity index (χ4n) is 1.59. The predicted molar refractivity (Wildman–Crippen MR) is 78.9 cm³/mol. The summed E-state index contributed by atoms with van der Waals surface area (Å²) in [6.07, 6.45) is 0.943. The Morgan fingerprint density at radius 2 is 2.28 bits per heavy atom. The molecule has 0 spiro atoms. The molecule has 2 N–H and O–H groups in total. The predicted octanol–water partition coefficient (Wildman–Crippen LogP) is 2.12. The van der Waals surface area contributed by atoms with E-state index in [2.05, 4.69) is 59.2 Å². The first-order chi connectivity index (χ1) is 8.54. The van der Waals surface area contributed by atoms with E-state index in [0.717, 1.165) is 13.0 Å². The topological polar surface area (TPSA) is 67.2 Å². The van der Waals surface area contributed by atoms with Crippen LogP contribution in [0.15, 0.2) is 10.6 Å².